The van der Waals surface area contributed by atoms with Gasteiger partial charge in [0.25, 0.3) is 0 Å². The van der Waals surface area contributed by atoms with Crippen molar-refractivity contribution in [2.75, 3.05) is 6.54 Å². The molecular weight excluding hydrogens is 180 g/mol. The molecular formula is C6H10N2OS2. The highest BCUT2D eigenvalue weighted by molar-refractivity contribution is 8.14. The summed E-state index contributed by atoms with van der Waals surface area (Å²) >= 11 is 6.20. The minimum Gasteiger partial charge on any atom is -0.382 e. The molecule has 1 heterocycles. The third-order valence-electron chi connectivity index (χ3n) is 1.15. The zero-order valence-electron chi connectivity index (χ0n) is 6.20. The Balaban J connectivity index is 2.50. The van der Waals surface area contributed by atoms with E-state index in [0.29, 0.717) is 5.11 Å². The van der Waals surface area contributed by atoms with Crippen LogP contribution in [0.4, 0.5) is 0 Å². The van der Waals surface area contributed by atoms with Gasteiger partial charge in [-0.05, 0) is 19.1 Å². The van der Waals surface area contributed by atoms with Crippen molar-refractivity contribution in [2.24, 2.45) is 4.99 Å². The maximum absolute atomic E-state index is 9.01. The zero-order chi connectivity index (χ0) is 8.27. The van der Waals surface area contributed by atoms with Gasteiger partial charge in [0, 0.05) is 13.0 Å². The number of hydrogen-bond acceptors (Lipinski definition) is 3. The molecule has 0 fully saturated rings. The number of rotatable bonds is 1. The lowest BCUT2D eigenvalue weighted by atomic mass is 10.4. The van der Waals surface area contributed by atoms with Crippen LogP contribution in [-0.2, 0) is 0 Å². The fraction of sp³-hybridized carbons (Fsp3) is 0.667. The average Bonchev–Trinajstić information content (AvgIpc) is 1.85. The highest BCUT2D eigenvalue weighted by Crippen LogP contribution is 2.14. The summed E-state index contributed by atoms with van der Waals surface area (Å²) in [5.74, 6) is 0. The summed E-state index contributed by atoms with van der Waals surface area (Å²) in [6.07, 6.45) is 0.857. The number of nitrogens with one attached hydrogen (secondary N) is 1. The number of nitrogens with zero attached hydrogens (tertiary/aromatic N) is 1. The van der Waals surface area contributed by atoms with E-state index in [9.17, 15) is 0 Å². The largest absolute Gasteiger partial charge is 0.382 e. The minimum absolute atomic E-state index is 0.394. The van der Waals surface area contributed by atoms with Gasteiger partial charge >= 0.3 is 0 Å². The first-order valence-electron chi connectivity index (χ1n) is 3.38. The Labute approximate surface area is 75.3 Å². The average molecular weight is 190 g/mol. The molecule has 1 aliphatic heterocycles. The van der Waals surface area contributed by atoms with Crippen molar-refractivity contribution in [3.05, 3.63) is 0 Å². The Morgan fingerprint density at radius 2 is 2.55 bits per heavy atom. The van der Waals surface area contributed by atoms with Gasteiger partial charge in [-0.3, -0.25) is 0 Å². The van der Waals surface area contributed by atoms with Crippen molar-refractivity contribution in [2.45, 2.75) is 18.8 Å². The smallest absolute Gasteiger partial charge is 0.193 e. The van der Waals surface area contributed by atoms with Gasteiger partial charge in [-0.1, -0.05) is 11.8 Å². The lowest BCUT2D eigenvalue weighted by molar-refractivity contribution is 0.285. The predicted molar refractivity (Wildman–Crippen MR) is 51.9 cm³/mol. The summed E-state index contributed by atoms with van der Waals surface area (Å²) < 4.78 is 0. The van der Waals surface area contributed by atoms with Crippen molar-refractivity contribution in [3.63, 3.8) is 0 Å². The molecule has 0 saturated carbocycles. The topological polar surface area (TPSA) is 44.6 Å². The van der Waals surface area contributed by atoms with Crippen LogP contribution in [0.3, 0.4) is 0 Å². The van der Waals surface area contributed by atoms with Crippen LogP contribution < -0.4 is 5.32 Å². The standard InChI is InChI=1S/C6H10N2OS2/c1-4(9)11-5-2-3-7-6(10)8-5/h4,9H,2-3H2,1H3,(H,7,10). The zero-order valence-corrected chi connectivity index (χ0v) is 7.84. The van der Waals surface area contributed by atoms with Gasteiger partial charge in [-0.25, -0.2) is 4.99 Å². The van der Waals surface area contributed by atoms with Crippen molar-refractivity contribution < 1.29 is 5.11 Å². The summed E-state index contributed by atoms with van der Waals surface area (Å²) in [5.41, 5.74) is -0.394. The lowest BCUT2D eigenvalue weighted by Gasteiger charge is -2.14. The SMILES string of the molecule is CC(O)SC1=NC(=S)NCC1. The molecule has 1 unspecified atom stereocenters. The predicted octanol–water partition coefficient (Wildman–Crippen LogP) is 0.735. The third-order valence-corrected chi connectivity index (χ3v) is 2.29. The van der Waals surface area contributed by atoms with Crippen LogP contribution in [-0.4, -0.2) is 27.2 Å². The van der Waals surface area contributed by atoms with Gasteiger partial charge in [0.2, 0.25) is 0 Å². The Hall–Kier alpha value is -0.130. The first-order valence-corrected chi connectivity index (χ1v) is 4.67. The van der Waals surface area contributed by atoms with Crippen LogP contribution in [0, 0.1) is 0 Å². The molecule has 0 bridgehead atoms. The van der Waals surface area contributed by atoms with E-state index in [1.54, 1.807) is 6.92 Å². The van der Waals surface area contributed by atoms with E-state index in [2.05, 4.69) is 10.3 Å². The second kappa shape index (κ2) is 4.04. The Morgan fingerprint density at radius 1 is 1.82 bits per heavy atom. The second-order valence-electron chi connectivity index (χ2n) is 2.20. The molecule has 5 heteroatoms. The first-order chi connectivity index (χ1) is 5.18. The highest BCUT2D eigenvalue weighted by atomic mass is 32.2. The van der Waals surface area contributed by atoms with E-state index in [1.807, 2.05) is 0 Å². The maximum Gasteiger partial charge on any atom is 0.193 e. The molecule has 11 heavy (non-hydrogen) atoms. The summed E-state index contributed by atoms with van der Waals surface area (Å²) in [6.45, 7) is 2.55. The molecule has 0 spiro atoms. The molecule has 0 saturated heterocycles. The molecule has 0 radical (unpaired) electrons. The van der Waals surface area contributed by atoms with E-state index in [0.717, 1.165) is 18.0 Å². The Morgan fingerprint density at radius 3 is 3.09 bits per heavy atom. The molecule has 0 amide bonds. The van der Waals surface area contributed by atoms with Gasteiger partial charge in [0.15, 0.2) is 5.11 Å². The number of thiocarbonyl (C=S) groups is 1. The van der Waals surface area contributed by atoms with Crippen molar-refractivity contribution >= 4 is 34.1 Å². The van der Waals surface area contributed by atoms with Gasteiger partial charge in [0.1, 0.15) is 5.44 Å². The first kappa shape index (κ1) is 8.96. The van der Waals surface area contributed by atoms with Crippen LogP contribution >= 0.6 is 24.0 Å². The van der Waals surface area contributed by atoms with Crippen molar-refractivity contribution in [3.8, 4) is 0 Å². The van der Waals surface area contributed by atoms with Gasteiger partial charge in [-0.2, -0.15) is 0 Å². The number of thioether (sulfide) groups is 1. The van der Waals surface area contributed by atoms with E-state index in [4.69, 9.17) is 17.3 Å². The molecule has 3 nitrogen and oxygen atoms in total. The van der Waals surface area contributed by atoms with Crippen molar-refractivity contribution in [1.29, 1.82) is 0 Å². The molecule has 0 aromatic heterocycles. The van der Waals surface area contributed by atoms with Gasteiger partial charge in [0.05, 0.1) is 5.04 Å². The monoisotopic (exact) mass is 190 g/mol. The molecule has 1 atom stereocenters. The normalized spacial score (nSPS) is 20.5. The maximum atomic E-state index is 9.01. The number of hydrogen-bond donors (Lipinski definition) is 2. The number of aliphatic imine (C=N–C) groups is 1. The van der Waals surface area contributed by atoms with Crippen LogP contribution in [0.25, 0.3) is 0 Å². The quantitative estimate of drug-likeness (QED) is 0.473. The van der Waals surface area contributed by atoms with Gasteiger partial charge in [-0.15, -0.1) is 0 Å². The van der Waals surface area contributed by atoms with E-state index < -0.39 is 5.44 Å². The van der Waals surface area contributed by atoms with E-state index in [1.165, 1.54) is 11.8 Å². The lowest BCUT2D eigenvalue weighted by Crippen LogP contribution is -2.28. The fourth-order valence-electron chi connectivity index (χ4n) is 0.767. The van der Waals surface area contributed by atoms with Crippen LogP contribution in [0.5, 0.6) is 0 Å². The molecule has 1 rings (SSSR count). The van der Waals surface area contributed by atoms with E-state index in [-0.39, 0.29) is 0 Å². The number of aliphatic hydroxyl groups is 1. The van der Waals surface area contributed by atoms with Crippen LogP contribution in [0.2, 0.25) is 0 Å². The molecule has 62 valence electrons. The fourth-order valence-corrected chi connectivity index (χ4v) is 1.79. The molecule has 1 aliphatic rings. The summed E-state index contributed by atoms with van der Waals surface area (Å²) in [5, 5.41) is 13.4. The minimum atomic E-state index is -0.394. The molecule has 0 aliphatic carbocycles. The molecule has 0 aromatic carbocycles. The molecule has 0 aromatic rings. The second-order valence-corrected chi connectivity index (χ2v) is 3.98. The Bertz CT molecular complexity index is 191. The summed E-state index contributed by atoms with van der Waals surface area (Å²) in [4.78, 5) is 4.06. The van der Waals surface area contributed by atoms with Crippen LogP contribution in [0.15, 0.2) is 4.99 Å². The summed E-state index contributed by atoms with van der Waals surface area (Å²) in [6, 6.07) is 0. The van der Waals surface area contributed by atoms with Gasteiger partial charge < -0.3 is 10.4 Å². The molecule has 2 N–H and O–H groups in total. The van der Waals surface area contributed by atoms with Crippen molar-refractivity contribution in [1.82, 2.24) is 5.32 Å². The number of aliphatic hydroxyl groups excluding tert-OH is 1. The Kier molecular flexibility index (Phi) is 3.29. The van der Waals surface area contributed by atoms with E-state index >= 15 is 0 Å². The summed E-state index contributed by atoms with van der Waals surface area (Å²) in [7, 11) is 0. The van der Waals surface area contributed by atoms with Crippen LogP contribution in [0.1, 0.15) is 13.3 Å². The highest BCUT2D eigenvalue weighted by Gasteiger charge is 2.10. The third kappa shape index (κ3) is 3.18.